The molecule has 0 aliphatic heterocycles. The van der Waals surface area contributed by atoms with Crippen LogP contribution in [0.3, 0.4) is 0 Å². The van der Waals surface area contributed by atoms with E-state index >= 15 is 0 Å². The number of nitrogens with two attached hydrogens (primary N) is 1. The summed E-state index contributed by atoms with van der Waals surface area (Å²) in [7, 11) is 0. The zero-order chi connectivity index (χ0) is 15.6. The second kappa shape index (κ2) is 6.00. The summed E-state index contributed by atoms with van der Waals surface area (Å²) in [5.74, 6) is -0.371. The van der Waals surface area contributed by atoms with Crippen molar-refractivity contribution in [2.75, 3.05) is 5.32 Å². The maximum atomic E-state index is 11.9. The maximum absolute atomic E-state index is 11.9. The minimum atomic E-state index is -0.523. The van der Waals surface area contributed by atoms with E-state index in [0.717, 1.165) is 27.9 Å². The van der Waals surface area contributed by atoms with Gasteiger partial charge in [0.2, 0.25) is 5.91 Å². The first-order valence-electron chi connectivity index (χ1n) is 7.09. The standard InChI is InChI=1S/C18H22N2O/c1-11-7-5-6-8-16(11)20-17(18(19)21)15-10-13(3)12(2)9-14(15)4/h5-10,17,20H,1-4H3,(H2,19,21). The summed E-state index contributed by atoms with van der Waals surface area (Å²) in [5.41, 5.74) is 12.0. The van der Waals surface area contributed by atoms with Crippen LogP contribution in [0.5, 0.6) is 0 Å². The van der Waals surface area contributed by atoms with Gasteiger partial charge in [-0.25, -0.2) is 0 Å². The van der Waals surface area contributed by atoms with Crippen molar-refractivity contribution >= 4 is 11.6 Å². The Bertz CT molecular complexity index is 677. The van der Waals surface area contributed by atoms with Gasteiger partial charge in [-0.05, 0) is 61.6 Å². The number of rotatable bonds is 4. The van der Waals surface area contributed by atoms with Crippen molar-refractivity contribution in [3.63, 3.8) is 0 Å². The maximum Gasteiger partial charge on any atom is 0.244 e. The number of carbonyl (C=O) groups excluding carboxylic acids is 1. The Morgan fingerprint density at radius 3 is 2.19 bits per heavy atom. The fourth-order valence-electron chi connectivity index (χ4n) is 2.49. The Kier molecular flexibility index (Phi) is 4.32. The van der Waals surface area contributed by atoms with E-state index in [2.05, 4.69) is 18.3 Å². The molecular formula is C18H22N2O. The van der Waals surface area contributed by atoms with Gasteiger partial charge in [-0.2, -0.15) is 0 Å². The van der Waals surface area contributed by atoms with Crippen molar-refractivity contribution < 1.29 is 4.79 Å². The molecule has 110 valence electrons. The first-order chi connectivity index (χ1) is 9.90. The van der Waals surface area contributed by atoms with Crippen LogP contribution in [0.15, 0.2) is 36.4 Å². The minimum Gasteiger partial charge on any atom is -0.370 e. The molecule has 0 radical (unpaired) electrons. The monoisotopic (exact) mass is 282 g/mol. The lowest BCUT2D eigenvalue weighted by Gasteiger charge is -2.21. The number of benzene rings is 2. The molecule has 3 N–H and O–H groups in total. The van der Waals surface area contributed by atoms with Crippen molar-refractivity contribution in [1.82, 2.24) is 0 Å². The van der Waals surface area contributed by atoms with Crippen LogP contribution < -0.4 is 11.1 Å². The molecule has 0 aliphatic rings. The second-order valence-corrected chi connectivity index (χ2v) is 5.59. The van der Waals surface area contributed by atoms with Gasteiger partial charge in [0.25, 0.3) is 0 Å². The first-order valence-corrected chi connectivity index (χ1v) is 7.09. The Balaban J connectivity index is 2.43. The fourth-order valence-corrected chi connectivity index (χ4v) is 2.49. The largest absolute Gasteiger partial charge is 0.370 e. The molecule has 0 aliphatic carbocycles. The average Bonchev–Trinajstić information content (AvgIpc) is 2.42. The molecule has 2 aromatic carbocycles. The molecular weight excluding hydrogens is 260 g/mol. The third-order valence-corrected chi connectivity index (χ3v) is 3.92. The topological polar surface area (TPSA) is 55.1 Å². The molecule has 3 heteroatoms. The molecule has 1 unspecified atom stereocenters. The Hall–Kier alpha value is -2.29. The van der Waals surface area contributed by atoms with Gasteiger partial charge in [0, 0.05) is 5.69 Å². The summed E-state index contributed by atoms with van der Waals surface area (Å²) in [6.07, 6.45) is 0. The number of hydrogen-bond acceptors (Lipinski definition) is 2. The van der Waals surface area contributed by atoms with Crippen LogP contribution in [-0.4, -0.2) is 5.91 Å². The lowest BCUT2D eigenvalue weighted by Crippen LogP contribution is -2.28. The number of nitrogens with one attached hydrogen (secondary N) is 1. The van der Waals surface area contributed by atoms with Crippen LogP contribution in [0.25, 0.3) is 0 Å². The summed E-state index contributed by atoms with van der Waals surface area (Å²) in [6.45, 7) is 8.13. The molecule has 0 saturated heterocycles. The van der Waals surface area contributed by atoms with E-state index in [1.807, 2.05) is 51.1 Å². The Labute approximate surface area is 126 Å². The van der Waals surface area contributed by atoms with Crippen LogP contribution in [0, 0.1) is 27.7 Å². The molecule has 3 nitrogen and oxygen atoms in total. The van der Waals surface area contributed by atoms with Gasteiger partial charge in [-0.1, -0.05) is 30.3 Å². The molecule has 1 amide bonds. The van der Waals surface area contributed by atoms with E-state index in [4.69, 9.17) is 5.73 Å². The van der Waals surface area contributed by atoms with Crippen molar-refractivity contribution in [2.45, 2.75) is 33.7 Å². The van der Waals surface area contributed by atoms with Gasteiger partial charge in [0.1, 0.15) is 6.04 Å². The molecule has 0 heterocycles. The van der Waals surface area contributed by atoms with E-state index in [1.165, 1.54) is 5.56 Å². The van der Waals surface area contributed by atoms with Crippen LogP contribution in [0.2, 0.25) is 0 Å². The van der Waals surface area contributed by atoms with Crippen LogP contribution >= 0.6 is 0 Å². The minimum absolute atomic E-state index is 0.371. The smallest absolute Gasteiger partial charge is 0.244 e. The summed E-state index contributed by atoms with van der Waals surface area (Å²) in [4.78, 5) is 11.9. The molecule has 0 bridgehead atoms. The third-order valence-electron chi connectivity index (χ3n) is 3.92. The van der Waals surface area contributed by atoms with Gasteiger partial charge < -0.3 is 11.1 Å². The molecule has 0 spiro atoms. The SMILES string of the molecule is Cc1cc(C)c(C(Nc2ccccc2C)C(N)=O)cc1C. The van der Waals surface area contributed by atoms with Gasteiger partial charge in [0.05, 0.1) is 0 Å². The highest BCUT2D eigenvalue weighted by molar-refractivity contribution is 5.85. The molecule has 21 heavy (non-hydrogen) atoms. The van der Waals surface area contributed by atoms with Gasteiger partial charge in [-0.15, -0.1) is 0 Å². The Morgan fingerprint density at radius 2 is 1.57 bits per heavy atom. The predicted molar refractivity (Wildman–Crippen MR) is 87.4 cm³/mol. The zero-order valence-corrected chi connectivity index (χ0v) is 13.0. The van der Waals surface area contributed by atoms with E-state index in [-0.39, 0.29) is 5.91 Å². The predicted octanol–water partition coefficient (Wildman–Crippen LogP) is 3.56. The highest BCUT2D eigenvalue weighted by Crippen LogP contribution is 2.26. The normalized spacial score (nSPS) is 12.0. The van der Waals surface area contributed by atoms with Crippen molar-refractivity contribution in [1.29, 1.82) is 0 Å². The molecule has 1 atom stereocenters. The van der Waals surface area contributed by atoms with E-state index in [0.29, 0.717) is 0 Å². The first kappa shape index (κ1) is 15.1. The lowest BCUT2D eigenvalue weighted by atomic mass is 9.95. The number of amides is 1. The number of aryl methyl sites for hydroxylation is 4. The number of anilines is 1. The van der Waals surface area contributed by atoms with E-state index in [1.54, 1.807) is 0 Å². The van der Waals surface area contributed by atoms with Gasteiger partial charge in [0.15, 0.2) is 0 Å². The number of carbonyl (C=O) groups is 1. The molecule has 0 aromatic heterocycles. The van der Waals surface area contributed by atoms with E-state index in [9.17, 15) is 4.79 Å². The lowest BCUT2D eigenvalue weighted by molar-refractivity contribution is -0.118. The van der Waals surface area contributed by atoms with Gasteiger partial charge >= 0.3 is 0 Å². The van der Waals surface area contributed by atoms with Crippen LogP contribution in [-0.2, 0) is 4.79 Å². The van der Waals surface area contributed by atoms with Crippen LogP contribution in [0.4, 0.5) is 5.69 Å². The van der Waals surface area contributed by atoms with Crippen LogP contribution in [0.1, 0.15) is 33.9 Å². The zero-order valence-electron chi connectivity index (χ0n) is 13.0. The number of primary amides is 1. The fraction of sp³-hybridized carbons (Fsp3) is 0.278. The van der Waals surface area contributed by atoms with Crippen molar-refractivity contribution in [2.24, 2.45) is 5.73 Å². The van der Waals surface area contributed by atoms with Crippen molar-refractivity contribution in [3.8, 4) is 0 Å². The molecule has 0 fully saturated rings. The summed E-state index contributed by atoms with van der Waals surface area (Å²) >= 11 is 0. The third kappa shape index (κ3) is 3.24. The molecule has 2 rings (SSSR count). The van der Waals surface area contributed by atoms with Gasteiger partial charge in [-0.3, -0.25) is 4.79 Å². The highest BCUT2D eigenvalue weighted by atomic mass is 16.1. The summed E-state index contributed by atoms with van der Waals surface area (Å²) in [6, 6.07) is 11.5. The van der Waals surface area contributed by atoms with E-state index < -0.39 is 6.04 Å². The molecule has 2 aromatic rings. The number of para-hydroxylation sites is 1. The highest BCUT2D eigenvalue weighted by Gasteiger charge is 2.20. The average molecular weight is 282 g/mol. The quantitative estimate of drug-likeness (QED) is 0.901. The summed E-state index contributed by atoms with van der Waals surface area (Å²) < 4.78 is 0. The Morgan fingerprint density at radius 1 is 0.952 bits per heavy atom. The summed E-state index contributed by atoms with van der Waals surface area (Å²) in [5, 5.41) is 3.28. The second-order valence-electron chi connectivity index (χ2n) is 5.59. The van der Waals surface area contributed by atoms with Crippen molar-refractivity contribution in [3.05, 3.63) is 64.2 Å². The molecule has 0 saturated carbocycles. The number of hydrogen-bond donors (Lipinski definition) is 2.